The summed E-state index contributed by atoms with van der Waals surface area (Å²) in [6.07, 6.45) is 0. The van der Waals surface area contributed by atoms with Gasteiger partial charge in [-0.1, -0.05) is 0 Å². The van der Waals surface area contributed by atoms with Gasteiger partial charge in [0.2, 0.25) is 11.8 Å². The third kappa shape index (κ3) is 1.31. The molecule has 0 aliphatic carbocycles. The number of thioether (sulfide) groups is 1. The molecule has 0 spiro atoms. The smallest absolute Gasteiger partial charge is 0.239 e. The number of carbonyl (C=O) groups excluding carboxylic acids is 2. The molecule has 3 nitrogen and oxygen atoms in total. The fourth-order valence-electron chi connectivity index (χ4n) is 0.873. The molecule has 0 aromatic heterocycles. The number of nitrogens with zero attached hydrogens (tertiary/aromatic N) is 1. The van der Waals surface area contributed by atoms with Crippen LogP contribution in [-0.2, 0) is 9.59 Å². The Morgan fingerprint density at radius 3 is 2.20 bits per heavy atom. The van der Waals surface area contributed by atoms with E-state index in [0.29, 0.717) is 18.1 Å². The van der Waals surface area contributed by atoms with Crippen LogP contribution in [0.25, 0.3) is 0 Å². The molecule has 1 aliphatic rings. The summed E-state index contributed by atoms with van der Waals surface area (Å²) >= 11 is 1.39. The molecule has 1 saturated heterocycles. The van der Waals surface area contributed by atoms with Crippen LogP contribution in [0.15, 0.2) is 0 Å². The van der Waals surface area contributed by atoms with E-state index in [4.69, 9.17) is 0 Å². The van der Waals surface area contributed by atoms with Crippen molar-refractivity contribution >= 4 is 23.6 Å². The zero-order valence-corrected chi connectivity index (χ0v) is 6.61. The standard InChI is InChI=1S/C6H9NO2S/c1-2-7-5(8)3-10-4-6(7)9/h2-4H2,1H3. The van der Waals surface area contributed by atoms with E-state index in [9.17, 15) is 9.59 Å². The Labute approximate surface area is 63.8 Å². The van der Waals surface area contributed by atoms with E-state index in [2.05, 4.69) is 0 Å². The molecule has 0 aromatic carbocycles. The topological polar surface area (TPSA) is 37.4 Å². The molecule has 0 N–H and O–H groups in total. The van der Waals surface area contributed by atoms with Crippen molar-refractivity contribution in [2.75, 3.05) is 18.1 Å². The highest BCUT2D eigenvalue weighted by molar-refractivity contribution is 8.00. The van der Waals surface area contributed by atoms with Crippen molar-refractivity contribution in [1.29, 1.82) is 0 Å². The summed E-state index contributed by atoms with van der Waals surface area (Å²) in [6, 6.07) is 0. The van der Waals surface area contributed by atoms with E-state index in [0.717, 1.165) is 0 Å². The van der Waals surface area contributed by atoms with Gasteiger partial charge >= 0.3 is 0 Å². The second kappa shape index (κ2) is 3.05. The second-order valence-corrected chi connectivity index (χ2v) is 3.01. The summed E-state index contributed by atoms with van der Waals surface area (Å²) in [5.41, 5.74) is 0. The van der Waals surface area contributed by atoms with E-state index >= 15 is 0 Å². The van der Waals surface area contributed by atoms with Gasteiger partial charge in [0.05, 0.1) is 11.5 Å². The van der Waals surface area contributed by atoms with Gasteiger partial charge in [-0.05, 0) is 6.92 Å². The van der Waals surface area contributed by atoms with Gasteiger partial charge < -0.3 is 0 Å². The van der Waals surface area contributed by atoms with E-state index in [-0.39, 0.29) is 11.8 Å². The summed E-state index contributed by atoms with van der Waals surface area (Å²) in [4.78, 5) is 23.1. The molecule has 1 fully saturated rings. The van der Waals surface area contributed by atoms with Gasteiger partial charge in [0.15, 0.2) is 0 Å². The molecule has 0 atom stereocenters. The summed E-state index contributed by atoms with van der Waals surface area (Å²) in [7, 11) is 0. The second-order valence-electron chi connectivity index (χ2n) is 2.02. The van der Waals surface area contributed by atoms with Crippen molar-refractivity contribution in [3.05, 3.63) is 0 Å². The van der Waals surface area contributed by atoms with Crippen molar-refractivity contribution < 1.29 is 9.59 Å². The molecule has 2 amide bonds. The van der Waals surface area contributed by atoms with Gasteiger partial charge in [-0.25, -0.2) is 0 Å². The third-order valence-corrected chi connectivity index (χ3v) is 2.27. The lowest BCUT2D eigenvalue weighted by molar-refractivity contribution is -0.141. The van der Waals surface area contributed by atoms with Crippen LogP contribution in [0.3, 0.4) is 0 Å². The molecule has 0 radical (unpaired) electrons. The highest BCUT2D eigenvalue weighted by Crippen LogP contribution is 2.10. The molecule has 1 aliphatic heterocycles. The fraction of sp³-hybridized carbons (Fsp3) is 0.667. The molecule has 1 heterocycles. The fourth-order valence-corrected chi connectivity index (χ4v) is 1.64. The Morgan fingerprint density at radius 1 is 1.40 bits per heavy atom. The minimum absolute atomic E-state index is 0.0521. The molecule has 0 aromatic rings. The predicted octanol–water partition coefficient (Wildman–Crippen LogP) is 0.108. The van der Waals surface area contributed by atoms with Crippen molar-refractivity contribution in [2.45, 2.75) is 6.92 Å². The minimum atomic E-state index is -0.0521. The van der Waals surface area contributed by atoms with Crippen molar-refractivity contribution in [3.63, 3.8) is 0 Å². The average Bonchev–Trinajstić information content (AvgIpc) is 1.88. The van der Waals surface area contributed by atoms with Gasteiger partial charge in [0, 0.05) is 6.54 Å². The van der Waals surface area contributed by atoms with E-state index in [1.54, 1.807) is 0 Å². The molecular weight excluding hydrogens is 150 g/mol. The van der Waals surface area contributed by atoms with Crippen LogP contribution in [0, 0.1) is 0 Å². The number of amides is 2. The van der Waals surface area contributed by atoms with Gasteiger partial charge in [-0.15, -0.1) is 11.8 Å². The summed E-state index contributed by atoms with van der Waals surface area (Å²) in [5.74, 6) is 0.812. The Bertz CT molecular complexity index is 153. The maximum absolute atomic E-state index is 10.9. The third-order valence-electron chi connectivity index (χ3n) is 1.37. The Morgan fingerprint density at radius 2 is 1.90 bits per heavy atom. The molecule has 0 saturated carbocycles. The number of hydrogen-bond donors (Lipinski definition) is 0. The molecule has 4 heteroatoms. The Hall–Kier alpha value is -0.510. The summed E-state index contributed by atoms with van der Waals surface area (Å²) < 4.78 is 0. The highest BCUT2D eigenvalue weighted by atomic mass is 32.2. The quantitative estimate of drug-likeness (QED) is 0.509. The van der Waals surface area contributed by atoms with Gasteiger partial charge in [-0.3, -0.25) is 14.5 Å². The molecule has 10 heavy (non-hydrogen) atoms. The predicted molar refractivity (Wildman–Crippen MR) is 39.7 cm³/mol. The number of rotatable bonds is 1. The van der Waals surface area contributed by atoms with Crippen LogP contribution in [0.2, 0.25) is 0 Å². The van der Waals surface area contributed by atoms with Gasteiger partial charge in [0.1, 0.15) is 0 Å². The highest BCUT2D eigenvalue weighted by Gasteiger charge is 2.23. The maximum atomic E-state index is 10.9. The monoisotopic (exact) mass is 159 g/mol. The normalized spacial score (nSPS) is 19.9. The van der Waals surface area contributed by atoms with Crippen LogP contribution >= 0.6 is 11.8 Å². The summed E-state index contributed by atoms with van der Waals surface area (Å²) in [5, 5.41) is 0. The lowest BCUT2D eigenvalue weighted by Gasteiger charge is -2.22. The first-order chi connectivity index (χ1) is 4.75. The van der Waals surface area contributed by atoms with Crippen LogP contribution in [0.4, 0.5) is 0 Å². The maximum Gasteiger partial charge on any atom is 0.239 e. The average molecular weight is 159 g/mol. The largest absolute Gasteiger partial charge is 0.281 e. The number of hydrogen-bond acceptors (Lipinski definition) is 3. The zero-order valence-electron chi connectivity index (χ0n) is 5.79. The SMILES string of the molecule is CCN1C(=O)CSCC1=O. The lowest BCUT2D eigenvalue weighted by Crippen LogP contribution is -2.42. The van der Waals surface area contributed by atoms with E-state index in [1.807, 2.05) is 6.92 Å². The van der Waals surface area contributed by atoms with Crippen molar-refractivity contribution in [2.24, 2.45) is 0 Å². The number of imide groups is 1. The molecule has 0 bridgehead atoms. The van der Waals surface area contributed by atoms with Gasteiger partial charge in [-0.2, -0.15) is 0 Å². The van der Waals surface area contributed by atoms with Gasteiger partial charge in [0.25, 0.3) is 0 Å². The summed E-state index contributed by atoms with van der Waals surface area (Å²) in [6.45, 7) is 2.32. The Kier molecular flexibility index (Phi) is 2.32. The van der Waals surface area contributed by atoms with E-state index < -0.39 is 0 Å². The van der Waals surface area contributed by atoms with Crippen LogP contribution in [0.1, 0.15) is 6.92 Å². The first-order valence-corrected chi connectivity index (χ1v) is 4.32. The first kappa shape index (κ1) is 7.60. The van der Waals surface area contributed by atoms with E-state index in [1.165, 1.54) is 16.7 Å². The molecule has 1 rings (SSSR count). The van der Waals surface area contributed by atoms with Crippen LogP contribution in [0.5, 0.6) is 0 Å². The van der Waals surface area contributed by atoms with Crippen molar-refractivity contribution in [1.82, 2.24) is 4.90 Å². The molecule has 0 unspecified atom stereocenters. The Balaban J connectivity index is 2.62. The lowest BCUT2D eigenvalue weighted by atomic mass is 10.4. The number of carbonyl (C=O) groups is 2. The zero-order chi connectivity index (χ0) is 7.56. The van der Waals surface area contributed by atoms with Crippen molar-refractivity contribution in [3.8, 4) is 0 Å². The first-order valence-electron chi connectivity index (χ1n) is 3.16. The van der Waals surface area contributed by atoms with Crippen LogP contribution < -0.4 is 0 Å². The minimum Gasteiger partial charge on any atom is -0.281 e. The molecular formula is C6H9NO2S. The van der Waals surface area contributed by atoms with Crippen LogP contribution in [-0.4, -0.2) is 34.8 Å². The molecule has 56 valence electrons.